The number of unbranched alkanes of at least 4 members (excludes halogenated alkanes) is 7. The van der Waals surface area contributed by atoms with Crippen molar-refractivity contribution < 1.29 is 9.53 Å². The van der Waals surface area contributed by atoms with Crippen LogP contribution in [0.4, 0.5) is 0 Å². The van der Waals surface area contributed by atoms with Crippen molar-refractivity contribution in [3.8, 4) is 0 Å². The molecular weight excluding hydrogens is 226 g/mol. The van der Waals surface area contributed by atoms with Gasteiger partial charge >= 0.3 is 5.97 Å². The summed E-state index contributed by atoms with van der Waals surface area (Å²) in [5.74, 6) is -0.220. The maximum absolute atomic E-state index is 11.5. The third kappa shape index (κ3) is 10.6. The number of hydrogen-bond donors (Lipinski definition) is 1. The number of carbonyl (C=O) groups excluding carboxylic acids is 1. The predicted octanol–water partition coefficient (Wildman–Crippen LogP) is 3.80. The fourth-order valence-corrected chi connectivity index (χ4v) is 1.89. The lowest BCUT2D eigenvalue weighted by Gasteiger charge is -2.11. The van der Waals surface area contributed by atoms with E-state index in [9.17, 15) is 4.79 Å². The minimum Gasteiger partial charge on any atom is -0.465 e. The van der Waals surface area contributed by atoms with Crippen LogP contribution >= 0.6 is 0 Å². The monoisotopic (exact) mass is 257 g/mol. The topological polar surface area (TPSA) is 52.3 Å². The van der Waals surface area contributed by atoms with E-state index in [1.165, 1.54) is 32.1 Å². The summed E-state index contributed by atoms with van der Waals surface area (Å²) in [6, 6.07) is -0.419. The van der Waals surface area contributed by atoms with Crippen molar-refractivity contribution in [2.45, 2.75) is 84.1 Å². The molecule has 3 nitrogen and oxygen atoms in total. The van der Waals surface area contributed by atoms with E-state index < -0.39 is 6.04 Å². The Morgan fingerprint density at radius 2 is 1.50 bits per heavy atom. The van der Waals surface area contributed by atoms with Gasteiger partial charge in [0.05, 0.1) is 6.61 Å². The van der Waals surface area contributed by atoms with Gasteiger partial charge in [-0.25, -0.2) is 0 Å². The molecule has 2 N–H and O–H groups in total. The highest BCUT2D eigenvalue weighted by molar-refractivity contribution is 5.75. The van der Waals surface area contributed by atoms with E-state index in [2.05, 4.69) is 13.8 Å². The second kappa shape index (κ2) is 12.9. The average Bonchev–Trinajstić information content (AvgIpc) is 2.38. The number of hydrogen-bond acceptors (Lipinski definition) is 3. The molecule has 1 unspecified atom stereocenters. The molecule has 0 heterocycles. The Labute approximate surface area is 112 Å². The second-order valence-electron chi connectivity index (χ2n) is 5.04. The fourth-order valence-electron chi connectivity index (χ4n) is 1.89. The molecule has 0 aliphatic carbocycles. The molecule has 3 heteroatoms. The number of esters is 1. The molecule has 0 aromatic carbocycles. The Morgan fingerprint density at radius 1 is 0.944 bits per heavy atom. The van der Waals surface area contributed by atoms with E-state index in [1.807, 2.05) is 0 Å². The Hall–Kier alpha value is -0.570. The van der Waals surface area contributed by atoms with Crippen molar-refractivity contribution in [2.75, 3.05) is 6.61 Å². The SMILES string of the molecule is CCCCCCCOC(=O)C(N)CCCCCC. The molecule has 0 aromatic heterocycles. The minimum absolute atomic E-state index is 0.220. The Morgan fingerprint density at radius 3 is 2.11 bits per heavy atom. The van der Waals surface area contributed by atoms with Crippen LogP contribution in [-0.4, -0.2) is 18.6 Å². The summed E-state index contributed by atoms with van der Waals surface area (Å²) < 4.78 is 5.18. The molecule has 0 radical (unpaired) electrons. The van der Waals surface area contributed by atoms with Crippen LogP contribution in [0.15, 0.2) is 0 Å². The smallest absolute Gasteiger partial charge is 0.322 e. The van der Waals surface area contributed by atoms with Gasteiger partial charge in [0.2, 0.25) is 0 Å². The van der Waals surface area contributed by atoms with E-state index in [1.54, 1.807) is 0 Å². The molecule has 0 aliphatic heterocycles. The van der Waals surface area contributed by atoms with Crippen molar-refractivity contribution in [1.82, 2.24) is 0 Å². The van der Waals surface area contributed by atoms with Crippen LogP contribution < -0.4 is 5.73 Å². The van der Waals surface area contributed by atoms with Crippen molar-refractivity contribution in [3.05, 3.63) is 0 Å². The van der Waals surface area contributed by atoms with Gasteiger partial charge in [-0.05, 0) is 12.8 Å². The van der Waals surface area contributed by atoms with Crippen LogP contribution in [0.25, 0.3) is 0 Å². The van der Waals surface area contributed by atoms with Gasteiger partial charge in [0.15, 0.2) is 0 Å². The van der Waals surface area contributed by atoms with E-state index in [0.717, 1.165) is 32.1 Å². The first-order valence-corrected chi connectivity index (χ1v) is 7.64. The summed E-state index contributed by atoms with van der Waals surface area (Å²) >= 11 is 0. The molecule has 1 atom stereocenters. The van der Waals surface area contributed by atoms with Gasteiger partial charge in [0.1, 0.15) is 6.04 Å². The lowest BCUT2D eigenvalue weighted by atomic mass is 10.1. The largest absolute Gasteiger partial charge is 0.465 e. The van der Waals surface area contributed by atoms with E-state index in [4.69, 9.17) is 10.5 Å². The van der Waals surface area contributed by atoms with E-state index >= 15 is 0 Å². The number of ether oxygens (including phenoxy) is 1. The second-order valence-corrected chi connectivity index (χ2v) is 5.04. The lowest BCUT2D eigenvalue weighted by molar-refractivity contribution is -0.145. The molecule has 0 spiro atoms. The number of rotatable bonds is 12. The fraction of sp³-hybridized carbons (Fsp3) is 0.933. The quantitative estimate of drug-likeness (QED) is 0.427. The van der Waals surface area contributed by atoms with Crippen LogP contribution in [-0.2, 0) is 9.53 Å². The van der Waals surface area contributed by atoms with Crippen LogP contribution in [0.3, 0.4) is 0 Å². The molecule has 0 saturated carbocycles. The standard InChI is InChI=1S/C15H31NO2/c1-3-5-7-9-11-13-18-15(17)14(16)12-10-8-6-4-2/h14H,3-13,16H2,1-2H3. The summed E-state index contributed by atoms with van der Waals surface area (Å²) in [6.07, 6.45) is 11.2. The summed E-state index contributed by atoms with van der Waals surface area (Å²) in [5, 5.41) is 0. The first-order chi connectivity index (χ1) is 8.72. The molecule has 0 rings (SSSR count). The van der Waals surface area contributed by atoms with Crippen molar-refractivity contribution in [1.29, 1.82) is 0 Å². The Bertz CT molecular complexity index is 195. The maximum atomic E-state index is 11.5. The summed E-state index contributed by atoms with van der Waals surface area (Å²) in [4.78, 5) is 11.5. The summed E-state index contributed by atoms with van der Waals surface area (Å²) in [7, 11) is 0. The maximum Gasteiger partial charge on any atom is 0.322 e. The van der Waals surface area contributed by atoms with Crippen LogP contribution in [0.2, 0.25) is 0 Å². The zero-order valence-corrected chi connectivity index (χ0v) is 12.2. The van der Waals surface area contributed by atoms with E-state index in [0.29, 0.717) is 6.61 Å². The molecule has 0 amide bonds. The Kier molecular flexibility index (Phi) is 12.5. The first kappa shape index (κ1) is 17.4. The Balaban J connectivity index is 3.38. The van der Waals surface area contributed by atoms with Gasteiger partial charge in [-0.2, -0.15) is 0 Å². The predicted molar refractivity (Wildman–Crippen MR) is 76.5 cm³/mol. The third-order valence-corrected chi connectivity index (χ3v) is 3.16. The lowest BCUT2D eigenvalue weighted by Crippen LogP contribution is -2.32. The zero-order chi connectivity index (χ0) is 13.6. The van der Waals surface area contributed by atoms with Crippen molar-refractivity contribution in [2.24, 2.45) is 5.73 Å². The van der Waals surface area contributed by atoms with Gasteiger partial charge in [-0.1, -0.05) is 65.2 Å². The molecule has 0 aromatic rings. The first-order valence-electron chi connectivity index (χ1n) is 7.64. The summed E-state index contributed by atoms with van der Waals surface area (Å²) in [5.41, 5.74) is 5.79. The van der Waals surface area contributed by atoms with E-state index in [-0.39, 0.29) is 5.97 Å². The van der Waals surface area contributed by atoms with Crippen LogP contribution in [0.1, 0.15) is 78.1 Å². The molecule has 18 heavy (non-hydrogen) atoms. The van der Waals surface area contributed by atoms with Gasteiger partial charge in [-0.15, -0.1) is 0 Å². The van der Waals surface area contributed by atoms with Crippen LogP contribution in [0, 0.1) is 0 Å². The summed E-state index contributed by atoms with van der Waals surface area (Å²) in [6.45, 7) is 4.90. The van der Waals surface area contributed by atoms with Gasteiger partial charge in [0.25, 0.3) is 0 Å². The molecular formula is C15H31NO2. The van der Waals surface area contributed by atoms with Gasteiger partial charge in [-0.3, -0.25) is 4.79 Å². The number of nitrogens with two attached hydrogens (primary N) is 1. The highest BCUT2D eigenvalue weighted by Gasteiger charge is 2.13. The zero-order valence-electron chi connectivity index (χ0n) is 12.2. The van der Waals surface area contributed by atoms with Crippen LogP contribution in [0.5, 0.6) is 0 Å². The molecule has 0 fully saturated rings. The van der Waals surface area contributed by atoms with Gasteiger partial charge < -0.3 is 10.5 Å². The minimum atomic E-state index is -0.419. The highest BCUT2D eigenvalue weighted by Crippen LogP contribution is 2.06. The normalized spacial score (nSPS) is 12.4. The molecule has 0 aliphatic rings. The third-order valence-electron chi connectivity index (χ3n) is 3.16. The molecule has 0 bridgehead atoms. The van der Waals surface area contributed by atoms with Gasteiger partial charge in [0, 0.05) is 0 Å². The molecule has 108 valence electrons. The van der Waals surface area contributed by atoms with Crippen molar-refractivity contribution >= 4 is 5.97 Å². The van der Waals surface area contributed by atoms with Crippen molar-refractivity contribution in [3.63, 3.8) is 0 Å². The highest BCUT2D eigenvalue weighted by atomic mass is 16.5. The average molecular weight is 257 g/mol. The molecule has 0 saturated heterocycles. The number of carbonyl (C=O) groups is 1.